The Balaban J connectivity index is 1.31. The molecule has 0 amide bonds. The summed E-state index contributed by atoms with van der Waals surface area (Å²) in [6.45, 7) is 3.98. The molecule has 0 radical (unpaired) electrons. The van der Waals surface area contributed by atoms with Gasteiger partial charge in [-0.1, -0.05) is 18.2 Å². The SMILES string of the molecule is Fc1ccc(O[C@@H]2CCCN(CCC3CCOc4ccccc43)C2)cc1. The van der Waals surface area contributed by atoms with Gasteiger partial charge in [0.1, 0.15) is 23.4 Å². The first-order valence-corrected chi connectivity index (χ1v) is 9.64. The predicted molar refractivity (Wildman–Crippen MR) is 100 cm³/mol. The first kappa shape index (κ1) is 17.3. The van der Waals surface area contributed by atoms with Gasteiger partial charge in [0, 0.05) is 6.54 Å². The van der Waals surface area contributed by atoms with Crippen LogP contribution in [0, 0.1) is 5.82 Å². The zero-order valence-corrected chi connectivity index (χ0v) is 15.1. The Morgan fingerprint density at radius 1 is 1.08 bits per heavy atom. The maximum absolute atomic E-state index is 13.0. The van der Waals surface area contributed by atoms with Gasteiger partial charge in [0.15, 0.2) is 0 Å². The number of benzene rings is 2. The minimum absolute atomic E-state index is 0.191. The Bertz CT molecular complexity index is 718. The van der Waals surface area contributed by atoms with Crippen molar-refractivity contribution in [2.75, 3.05) is 26.2 Å². The second-order valence-corrected chi connectivity index (χ2v) is 7.30. The molecule has 26 heavy (non-hydrogen) atoms. The molecule has 138 valence electrons. The van der Waals surface area contributed by atoms with Crippen LogP contribution in [0.4, 0.5) is 4.39 Å². The second-order valence-electron chi connectivity index (χ2n) is 7.30. The van der Waals surface area contributed by atoms with Gasteiger partial charge in [-0.15, -0.1) is 0 Å². The monoisotopic (exact) mass is 355 g/mol. The fourth-order valence-corrected chi connectivity index (χ4v) is 4.07. The van der Waals surface area contributed by atoms with Crippen molar-refractivity contribution in [2.45, 2.75) is 37.7 Å². The molecule has 1 unspecified atom stereocenters. The topological polar surface area (TPSA) is 21.7 Å². The number of likely N-dealkylation sites (tertiary alicyclic amines) is 1. The molecule has 0 aromatic heterocycles. The largest absolute Gasteiger partial charge is 0.493 e. The van der Waals surface area contributed by atoms with Crippen molar-refractivity contribution in [3.05, 3.63) is 59.9 Å². The van der Waals surface area contributed by atoms with Crippen molar-refractivity contribution in [1.29, 1.82) is 0 Å². The molecular formula is C22H26FNO2. The Morgan fingerprint density at radius 3 is 2.81 bits per heavy atom. The number of nitrogens with zero attached hydrogens (tertiary/aromatic N) is 1. The average molecular weight is 355 g/mol. The number of halogens is 1. The fraction of sp³-hybridized carbons (Fsp3) is 0.455. The number of rotatable bonds is 5. The van der Waals surface area contributed by atoms with Gasteiger partial charge in [-0.2, -0.15) is 0 Å². The molecule has 4 rings (SSSR count). The average Bonchev–Trinajstić information content (AvgIpc) is 2.68. The van der Waals surface area contributed by atoms with E-state index in [1.165, 1.54) is 17.7 Å². The van der Waals surface area contributed by atoms with Crippen LogP contribution in [0.5, 0.6) is 11.5 Å². The highest BCUT2D eigenvalue weighted by atomic mass is 19.1. The predicted octanol–water partition coefficient (Wildman–Crippen LogP) is 4.63. The van der Waals surface area contributed by atoms with Gasteiger partial charge in [0.05, 0.1) is 6.61 Å². The third-order valence-electron chi connectivity index (χ3n) is 5.46. The van der Waals surface area contributed by atoms with Crippen LogP contribution in [-0.2, 0) is 0 Å². The molecule has 2 aliphatic rings. The van der Waals surface area contributed by atoms with Gasteiger partial charge in [-0.25, -0.2) is 4.39 Å². The Hall–Kier alpha value is -2.07. The van der Waals surface area contributed by atoms with E-state index in [4.69, 9.17) is 9.47 Å². The van der Waals surface area contributed by atoms with Gasteiger partial charge in [0.25, 0.3) is 0 Å². The van der Waals surface area contributed by atoms with E-state index in [-0.39, 0.29) is 11.9 Å². The molecule has 3 nitrogen and oxygen atoms in total. The van der Waals surface area contributed by atoms with Crippen molar-refractivity contribution in [3.8, 4) is 11.5 Å². The molecule has 2 aromatic carbocycles. The van der Waals surface area contributed by atoms with E-state index in [1.807, 2.05) is 6.07 Å². The van der Waals surface area contributed by atoms with E-state index in [9.17, 15) is 4.39 Å². The first-order valence-electron chi connectivity index (χ1n) is 9.64. The lowest BCUT2D eigenvalue weighted by atomic mass is 9.90. The summed E-state index contributed by atoms with van der Waals surface area (Å²) < 4.78 is 24.9. The van der Waals surface area contributed by atoms with E-state index in [1.54, 1.807) is 12.1 Å². The van der Waals surface area contributed by atoms with Gasteiger partial charge >= 0.3 is 0 Å². The summed E-state index contributed by atoms with van der Waals surface area (Å²) >= 11 is 0. The van der Waals surface area contributed by atoms with Gasteiger partial charge < -0.3 is 9.47 Å². The fourth-order valence-electron chi connectivity index (χ4n) is 4.07. The van der Waals surface area contributed by atoms with Gasteiger partial charge in [-0.3, -0.25) is 4.90 Å². The maximum Gasteiger partial charge on any atom is 0.123 e. The minimum Gasteiger partial charge on any atom is -0.493 e. The molecule has 2 heterocycles. The van der Waals surface area contributed by atoms with E-state index in [0.29, 0.717) is 5.92 Å². The van der Waals surface area contributed by atoms with E-state index >= 15 is 0 Å². The van der Waals surface area contributed by atoms with Crippen LogP contribution in [0.3, 0.4) is 0 Å². The molecule has 2 aliphatic heterocycles. The standard InChI is InChI=1S/C22H26FNO2/c23-18-7-9-19(10-8-18)26-20-4-3-13-24(16-20)14-11-17-12-15-25-22-6-2-1-5-21(17)22/h1-2,5-10,17,20H,3-4,11-16H2/t17?,20-/m1/s1. The van der Waals surface area contributed by atoms with E-state index in [2.05, 4.69) is 23.1 Å². The number of hydrogen-bond donors (Lipinski definition) is 0. The molecule has 0 aliphatic carbocycles. The number of fused-ring (bicyclic) bond motifs is 1. The highest BCUT2D eigenvalue weighted by Gasteiger charge is 2.25. The Labute approximate surface area is 154 Å². The normalized spacial score (nSPS) is 23.1. The molecule has 0 saturated carbocycles. The molecule has 2 atom stereocenters. The summed E-state index contributed by atoms with van der Waals surface area (Å²) in [5.74, 6) is 2.18. The molecule has 1 saturated heterocycles. The maximum atomic E-state index is 13.0. The van der Waals surface area contributed by atoms with Crippen LogP contribution in [0.15, 0.2) is 48.5 Å². The van der Waals surface area contributed by atoms with Crippen LogP contribution in [-0.4, -0.2) is 37.2 Å². The van der Waals surface area contributed by atoms with Crippen molar-refractivity contribution in [2.24, 2.45) is 0 Å². The zero-order chi connectivity index (χ0) is 17.8. The van der Waals surface area contributed by atoms with E-state index < -0.39 is 0 Å². The molecule has 1 fully saturated rings. The quantitative estimate of drug-likeness (QED) is 0.781. The summed E-state index contributed by atoms with van der Waals surface area (Å²) in [7, 11) is 0. The Morgan fingerprint density at radius 2 is 1.92 bits per heavy atom. The third kappa shape index (κ3) is 4.18. The molecule has 4 heteroatoms. The molecule has 0 bridgehead atoms. The molecule has 0 N–H and O–H groups in total. The zero-order valence-electron chi connectivity index (χ0n) is 15.1. The third-order valence-corrected chi connectivity index (χ3v) is 5.46. The summed E-state index contributed by atoms with van der Waals surface area (Å²) in [6.07, 6.45) is 4.66. The van der Waals surface area contributed by atoms with Crippen LogP contribution in [0.1, 0.15) is 37.2 Å². The summed E-state index contributed by atoms with van der Waals surface area (Å²) in [4.78, 5) is 2.51. The lowest BCUT2D eigenvalue weighted by Gasteiger charge is -2.34. The Kier molecular flexibility index (Phi) is 5.40. The van der Waals surface area contributed by atoms with Crippen molar-refractivity contribution >= 4 is 0 Å². The highest BCUT2D eigenvalue weighted by Crippen LogP contribution is 2.35. The summed E-state index contributed by atoms with van der Waals surface area (Å²) in [5.41, 5.74) is 1.36. The van der Waals surface area contributed by atoms with Crippen LogP contribution in [0.25, 0.3) is 0 Å². The molecule has 2 aromatic rings. The van der Waals surface area contributed by atoms with Crippen molar-refractivity contribution < 1.29 is 13.9 Å². The summed E-state index contributed by atoms with van der Waals surface area (Å²) in [5, 5.41) is 0. The van der Waals surface area contributed by atoms with Crippen LogP contribution >= 0.6 is 0 Å². The lowest BCUT2D eigenvalue weighted by Crippen LogP contribution is -2.41. The highest BCUT2D eigenvalue weighted by molar-refractivity contribution is 5.37. The molecular weight excluding hydrogens is 329 g/mol. The molecule has 0 spiro atoms. The van der Waals surface area contributed by atoms with Gasteiger partial charge in [-0.05, 0) is 80.6 Å². The van der Waals surface area contributed by atoms with Crippen molar-refractivity contribution in [3.63, 3.8) is 0 Å². The lowest BCUT2D eigenvalue weighted by molar-refractivity contribution is 0.0854. The number of piperidine rings is 1. The first-order chi connectivity index (χ1) is 12.8. The smallest absolute Gasteiger partial charge is 0.123 e. The van der Waals surface area contributed by atoms with Gasteiger partial charge in [0.2, 0.25) is 0 Å². The number of ether oxygens (including phenoxy) is 2. The van der Waals surface area contributed by atoms with Crippen LogP contribution < -0.4 is 9.47 Å². The number of hydrogen-bond acceptors (Lipinski definition) is 3. The van der Waals surface area contributed by atoms with E-state index in [0.717, 1.165) is 63.4 Å². The minimum atomic E-state index is -0.223. The number of para-hydroxylation sites is 1. The van der Waals surface area contributed by atoms with Crippen LogP contribution in [0.2, 0.25) is 0 Å². The second kappa shape index (κ2) is 8.09. The van der Waals surface area contributed by atoms with Crippen molar-refractivity contribution in [1.82, 2.24) is 4.90 Å². The summed E-state index contributed by atoms with van der Waals surface area (Å²) in [6, 6.07) is 14.8.